The maximum Gasteiger partial charge on any atom is 0.215 e. The minimum absolute atomic E-state index is 0.139. The number of nitrogens with two attached hydrogens (primary N) is 2. The van der Waals surface area contributed by atoms with E-state index in [-0.39, 0.29) is 5.03 Å². The molecule has 78 valence electrons. The molecule has 2 rings (SSSR count). The first-order valence-corrected chi connectivity index (χ1v) is 5.85. The highest BCUT2D eigenvalue weighted by atomic mass is 32.2. The van der Waals surface area contributed by atoms with Crippen molar-refractivity contribution >= 4 is 21.1 Å². The van der Waals surface area contributed by atoms with Gasteiger partial charge in [0, 0.05) is 22.2 Å². The maximum absolute atomic E-state index is 11.3. The van der Waals surface area contributed by atoms with Crippen molar-refractivity contribution in [3.05, 3.63) is 46.3 Å². The Morgan fingerprint density at radius 1 is 1.07 bits per heavy atom. The second-order valence-electron chi connectivity index (χ2n) is 3.21. The molecule has 0 amide bonds. The lowest BCUT2D eigenvalue weighted by molar-refractivity contribution is 0.610. The van der Waals surface area contributed by atoms with Crippen LogP contribution >= 0.6 is 0 Å². The second-order valence-corrected chi connectivity index (χ2v) is 5.01. The largest absolute Gasteiger partial charge is 0.398 e. The van der Waals surface area contributed by atoms with Crippen LogP contribution in [0.25, 0.3) is 5.57 Å². The van der Waals surface area contributed by atoms with Crippen LogP contribution in [0.2, 0.25) is 0 Å². The number of nitrogen functional groups attached to an aromatic ring is 1. The van der Waals surface area contributed by atoms with Crippen molar-refractivity contribution in [2.24, 2.45) is 5.73 Å². The molecule has 0 unspecified atom stereocenters. The number of allylic oxidation sites excluding steroid dienone is 2. The molecule has 0 bridgehead atoms. The first kappa shape index (κ1) is 9.79. The zero-order chi connectivity index (χ0) is 11.1. The van der Waals surface area contributed by atoms with E-state index in [9.17, 15) is 8.42 Å². The number of para-hydroxylation sites is 1. The summed E-state index contributed by atoms with van der Waals surface area (Å²) in [4.78, 5) is 0. The highest BCUT2D eigenvalue weighted by molar-refractivity contribution is 7.98. The Kier molecular flexibility index (Phi) is 2.04. The van der Waals surface area contributed by atoms with E-state index in [0.717, 1.165) is 5.41 Å². The lowest BCUT2D eigenvalue weighted by Crippen LogP contribution is -2.08. The summed E-state index contributed by atoms with van der Waals surface area (Å²) in [6.07, 6.45) is 1.47. The van der Waals surface area contributed by atoms with Crippen LogP contribution in [0.1, 0.15) is 5.56 Å². The van der Waals surface area contributed by atoms with Crippen LogP contribution in [0, 0.1) is 0 Å². The Morgan fingerprint density at radius 3 is 2.27 bits per heavy atom. The minimum atomic E-state index is -3.42. The monoisotopic (exact) mass is 222 g/mol. The first-order chi connectivity index (χ1) is 7.02. The fourth-order valence-electron chi connectivity index (χ4n) is 1.43. The molecule has 1 aliphatic rings. The van der Waals surface area contributed by atoms with E-state index in [2.05, 4.69) is 0 Å². The molecular formula is C10H10N2O2S. The molecule has 0 fully saturated rings. The Balaban J connectivity index is 2.66. The molecule has 1 heterocycles. The summed E-state index contributed by atoms with van der Waals surface area (Å²) in [5.74, 6) is 0. The predicted octanol–water partition coefficient (Wildman–Crippen LogP) is 0.838. The fraction of sp³-hybridized carbons (Fsp3) is 0. The number of anilines is 1. The summed E-state index contributed by atoms with van der Waals surface area (Å²) in [6.45, 7) is 0. The van der Waals surface area contributed by atoms with E-state index < -0.39 is 9.84 Å². The third-order valence-corrected chi connectivity index (χ3v) is 3.56. The molecule has 0 saturated carbocycles. The van der Waals surface area contributed by atoms with Gasteiger partial charge in [0.2, 0.25) is 9.84 Å². The van der Waals surface area contributed by atoms with E-state index in [1.165, 1.54) is 6.08 Å². The third kappa shape index (κ3) is 1.50. The number of hydrogen-bond donors (Lipinski definition) is 2. The molecule has 0 radical (unpaired) electrons. The van der Waals surface area contributed by atoms with Gasteiger partial charge in [-0.25, -0.2) is 8.42 Å². The van der Waals surface area contributed by atoms with Gasteiger partial charge in [-0.15, -0.1) is 0 Å². The topological polar surface area (TPSA) is 86.2 Å². The fourth-order valence-corrected chi connectivity index (χ4v) is 2.38. The number of rotatable bonds is 1. The Hall–Kier alpha value is -1.75. The molecule has 0 saturated heterocycles. The average Bonchev–Trinajstić information content (AvgIpc) is 2.44. The summed E-state index contributed by atoms with van der Waals surface area (Å²) >= 11 is 0. The summed E-state index contributed by atoms with van der Waals surface area (Å²) in [5, 5.41) is 0.949. The van der Waals surface area contributed by atoms with Gasteiger partial charge in [-0.05, 0) is 12.1 Å². The lowest BCUT2D eigenvalue weighted by Gasteiger charge is -2.05. The average molecular weight is 222 g/mol. The van der Waals surface area contributed by atoms with Crippen LogP contribution in [0.5, 0.6) is 0 Å². The van der Waals surface area contributed by atoms with Crippen molar-refractivity contribution in [3.8, 4) is 0 Å². The molecule has 1 aromatic rings. The smallest absolute Gasteiger partial charge is 0.215 e. The summed E-state index contributed by atoms with van der Waals surface area (Å²) in [6, 6.07) is 7.00. The Labute approximate surface area is 87.8 Å². The van der Waals surface area contributed by atoms with Crippen LogP contribution in [-0.4, -0.2) is 8.42 Å². The third-order valence-electron chi connectivity index (χ3n) is 2.24. The van der Waals surface area contributed by atoms with Crippen LogP contribution in [-0.2, 0) is 9.84 Å². The van der Waals surface area contributed by atoms with Crippen LogP contribution < -0.4 is 11.5 Å². The van der Waals surface area contributed by atoms with Crippen LogP contribution in [0.3, 0.4) is 0 Å². The van der Waals surface area contributed by atoms with E-state index in [1.807, 2.05) is 0 Å². The highest BCUT2D eigenvalue weighted by Crippen LogP contribution is 2.30. The number of sulfone groups is 1. The van der Waals surface area contributed by atoms with Gasteiger partial charge in [0.15, 0.2) is 0 Å². The standard InChI is InChI=1S/C10H10N2O2S/c11-9-4-2-1-3-7(9)8-5-6-15(13,14)10(8)12/h1-6H,11-12H2. The first-order valence-electron chi connectivity index (χ1n) is 4.30. The molecule has 4 nitrogen and oxygen atoms in total. The molecule has 4 N–H and O–H groups in total. The summed E-state index contributed by atoms with van der Waals surface area (Å²) < 4.78 is 22.7. The van der Waals surface area contributed by atoms with Crippen molar-refractivity contribution in [1.29, 1.82) is 0 Å². The highest BCUT2D eigenvalue weighted by Gasteiger charge is 2.22. The molecule has 0 atom stereocenters. The normalized spacial score (nSPS) is 18.4. The SMILES string of the molecule is NC1=C(c2ccccc2N)C=CS1(=O)=O. The zero-order valence-electron chi connectivity index (χ0n) is 7.84. The van der Waals surface area contributed by atoms with Crippen molar-refractivity contribution in [1.82, 2.24) is 0 Å². The number of hydrogen-bond acceptors (Lipinski definition) is 4. The van der Waals surface area contributed by atoms with Gasteiger partial charge in [0.05, 0.1) is 0 Å². The summed E-state index contributed by atoms with van der Waals surface area (Å²) in [5.41, 5.74) is 12.9. The molecule has 15 heavy (non-hydrogen) atoms. The zero-order valence-corrected chi connectivity index (χ0v) is 8.66. The van der Waals surface area contributed by atoms with Gasteiger partial charge in [-0.1, -0.05) is 18.2 Å². The van der Waals surface area contributed by atoms with E-state index in [1.54, 1.807) is 24.3 Å². The van der Waals surface area contributed by atoms with Gasteiger partial charge in [0.25, 0.3) is 0 Å². The van der Waals surface area contributed by atoms with Crippen LogP contribution in [0.4, 0.5) is 5.69 Å². The van der Waals surface area contributed by atoms with Crippen molar-refractivity contribution in [3.63, 3.8) is 0 Å². The number of benzene rings is 1. The minimum Gasteiger partial charge on any atom is -0.398 e. The van der Waals surface area contributed by atoms with Gasteiger partial charge < -0.3 is 11.5 Å². The quantitative estimate of drug-likeness (QED) is 0.689. The molecule has 5 heteroatoms. The van der Waals surface area contributed by atoms with Gasteiger partial charge in [-0.3, -0.25) is 0 Å². The van der Waals surface area contributed by atoms with E-state index in [4.69, 9.17) is 11.5 Å². The Bertz CT molecular complexity index is 571. The van der Waals surface area contributed by atoms with Crippen LogP contribution in [0.15, 0.2) is 40.8 Å². The molecule has 0 aromatic heterocycles. The maximum atomic E-state index is 11.3. The molecule has 1 aliphatic heterocycles. The van der Waals surface area contributed by atoms with E-state index >= 15 is 0 Å². The predicted molar refractivity (Wildman–Crippen MR) is 60.0 cm³/mol. The van der Waals surface area contributed by atoms with Gasteiger partial charge >= 0.3 is 0 Å². The molecule has 1 aromatic carbocycles. The lowest BCUT2D eigenvalue weighted by atomic mass is 10.1. The summed E-state index contributed by atoms with van der Waals surface area (Å²) in [7, 11) is -3.42. The van der Waals surface area contributed by atoms with Gasteiger partial charge in [-0.2, -0.15) is 0 Å². The van der Waals surface area contributed by atoms with E-state index in [0.29, 0.717) is 16.8 Å². The van der Waals surface area contributed by atoms with Crippen molar-refractivity contribution in [2.45, 2.75) is 0 Å². The second kappa shape index (κ2) is 3.13. The molecule has 0 aliphatic carbocycles. The van der Waals surface area contributed by atoms with Crippen molar-refractivity contribution < 1.29 is 8.42 Å². The van der Waals surface area contributed by atoms with Crippen molar-refractivity contribution in [2.75, 3.05) is 5.73 Å². The Morgan fingerprint density at radius 2 is 1.73 bits per heavy atom. The molecule has 0 spiro atoms. The van der Waals surface area contributed by atoms with Gasteiger partial charge in [0.1, 0.15) is 5.03 Å². The molecular weight excluding hydrogens is 212 g/mol.